The number of hydrogen-bond donors (Lipinski definition) is 1. The van der Waals surface area contributed by atoms with Gasteiger partial charge in [-0.1, -0.05) is 12.1 Å². The van der Waals surface area contributed by atoms with Crippen molar-refractivity contribution in [2.75, 3.05) is 44.0 Å². The summed E-state index contributed by atoms with van der Waals surface area (Å²) in [4.78, 5) is 11.2. The Hall–Kier alpha value is -2.34. The van der Waals surface area contributed by atoms with Gasteiger partial charge in [-0.15, -0.1) is 0 Å². The maximum atomic E-state index is 6.36. The number of nitrogens with zero attached hydrogens (tertiary/aromatic N) is 3. The first-order valence-electron chi connectivity index (χ1n) is 7.30. The molecule has 0 amide bonds. The molecule has 1 aliphatic rings. The van der Waals surface area contributed by atoms with Crippen LogP contribution in [0.15, 0.2) is 24.3 Å². The molecule has 6 nitrogen and oxygen atoms in total. The minimum Gasteiger partial charge on any atom is -0.497 e. The van der Waals surface area contributed by atoms with Crippen LogP contribution in [0.1, 0.15) is 5.82 Å². The molecule has 1 saturated heterocycles. The van der Waals surface area contributed by atoms with Gasteiger partial charge < -0.3 is 20.1 Å². The molecule has 6 heteroatoms. The fourth-order valence-corrected chi connectivity index (χ4v) is 2.57. The van der Waals surface area contributed by atoms with Crippen LogP contribution in [0.5, 0.6) is 5.75 Å². The third-order valence-corrected chi connectivity index (χ3v) is 3.69. The minimum absolute atomic E-state index is 0.598. The Bertz CT molecular complexity index is 669. The van der Waals surface area contributed by atoms with Gasteiger partial charge in [-0.25, -0.2) is 9.97 Å². The molecule has 1 aromatic carbocycles. The van der Waals surface area contributed by atoms with E-state index >= 15 is 0 Å². The van der Waals surface area contributed by atoms with Crippen LogP contribution in [-0.2, 0) is 4.74 Å². The Morgan fingerprint density at radius 3 is 2.73 bits per heavy atom. The van der Waals surface area contributed by atoms with E-state index in [9.17, 15) is 0 Å². The molecular formula is C16H20N4O2. The molecule has 2 heterocycles. The number of methoxy groups -OCH3 is 1. The number of benzene rings is 1. The summed E-state index contributed by atoms with van der Waals surface area (Å²) in [6.07, 6.45) is 0. The van der Waals surface area contributed by atoms with Crippen molar-refractivity contribution in [2.24, 2.45) is 0 Å². The summed E-state index contributed by atoms with van der Waals surface area (Å²) >= 11 is 0. The number of hydrogen-bond acceptors (Lipinski definition) is 6. The minimum atomic E-state index is 0.598. The second-order valence-corrected chi connectivity index (χ2v) is 5.19. The largest absolute Gasteiger partial charge is 0.497 e. The van der Waals surface area contributed by atoms with Gasteiger partial charge in [0.05, 0.1) is 26.0 Å². The van der Waals surface area contributed by atoms with Crippen LogP contribution in [0.4, 0.5) is 11.5 Å². The number of morpholine rings is 1. The topological polar surface area (TPSA) is 73.5 Å². The number of ether oxygens (including phenoxy) is 2. The van der Waals surface area contributed by atoms with E-state index in [2.05, 4.69) is 14.9 Å². The van der Waals surface area contributed by atoms with Crippen molar-refractivity contribution in [1.29, 1.82) is 0 Å². The monoisotopic (exact) mass is 300 g/mol. The summed E-state index contributed by atoms with van der Waals surface area (Å²) in [5.41, 5.74) is 8.63. The van der Waals surface area contributed by atoms with E-state index in [1.807, 2.05) is 31.2 Å². The van der Waals surface area contributed by atoms with Gasteiger partial charge in [-0.3, -0.25) is 0 Å². The van der Waals surface area contributed by atoms with Crippen molar-refractivity contribution in [3.63, 3.8) is 0 Å². The smallest absolute Gasteiger partial charge is 0.156 e. The van der Waals surface area contributed by atoms with E-state index < -0.39 is 0 Å². The highest BCUT2D eigenvalue weighted by Gasteiger charge is 2.19. The molecule has 0 atom stereocenters. The molecule has 2 N–H and O–H groups in total. The fraction of sp³-hybridized carbons (Fsp3) is 0.375. The van der Waals surface area contributed by atoms with E-state index in [4.69, 9.17) is 15.2 Å². The van der Waals surface area contributed by atoms with Gasteiger partial charge in [-0.05, 0) is 19.1 Å². The number of aromatic nitrogens is 2. The second-order valence-electron chi connectivity index (χ2n) is 5.19. The van der Waals surface area contributed by atoms with Crippen LogP contribution in [0.25, 0.3) is 11.3 Å². The summed E-state index contributed by atoms with van der Waals surface area (Å²) in [7, 11) is 1.65. The van der Waals surface area contributed by atoms with Crippen LogP contribution >= 0.6 is 0 Å². The van der Waals surface area contributed by atoms with Crippen molar-refractivity contribution < 1.29 is 9.47 Å². The molecule has 0 saturated carbocycles. The van der Waals surface area contributed by atoms with Gasteiger partial charge in [0.2, 0.25) is 0 Å². The first kappa shape index (κ1) is 14.6. The molecule has 0 aliphatic carbocycles. The standard InChI is InChI=1S/C16H20N4O2/c1-11-18-15(12-4-3-5-13(10-12)21-2)14(17)16(19-11)20-6-8-22-9-7-20/h3-5,10H,6-9,17H2,1-2H3. The van der Waals surface area contributed by atoms with Crippen LogP contribution in [0, 0.1) is 6.92 Å². The van der Waals surface area contributed by atoms with E-state index in [-0.39, 0.29) is 0 Å². The molecule has 2 aromatic rings. The van der Waals surface area contributed by atoms with Crippen molar-refractivity contribution >= 4 is 11.5 Å². The van der Waals surface area contributed by atoms with E-state index in [1.54, 1.807) is 7.11 Å². The lowest BCUT2D eigenvalue weighted by Gasteiger charge is -2.29. The number of aryl methyl sites for hydroxylation is 1. The zero-order chi connectivity index (χ0) is 15.5. The Morgan fingerprint density at radius 1 is 1.23 bits per heavy atom. The normalized spacial score (nSPS) is 14.9. The van der Waals surface area contributed by atoms with E-state index in [0.717, 1.165) is 35.9 Å². The zero-order valence-electron chi connectivity index (χ0n) is 12.9. The van der Waals surface area contributed by atoms with E-state index in [0.29, 0.717) is 24.7 Å². The number of rotatable bonds is 3. The first-order valence-corrected chi connectivity index (χ1v) is 7.30. The quantitative estimate of drug-likeness (QED) is 0.933. The summed E-state index contributed by atoms with van der Waals surface area (Å²) in [6, 6.07) is 7.74. The molecule has 116 valence electrons. The van der Waals surface area contributed by atoms with Crippen LogP contribution in [0.2, 0.25) is 0 Å². The van der Waals surface area contributed by atoms with Gasteiger partial charge in [0.25, 0.3) is 0 Å². The Balaban J connectivity index is 2.05. The molecule has 0 bridgehead atoms. The number of nitrogens with two attached hydrogens (primary N) is 1. The number of nitrogen functional groups attached to an aromatic ring is 1. The maximum absolute atomic E-state index is 6.36. The van der Waals surface area contributed by atoms with Crippen LogP contribution in [-0.4, -0.2) is 43.4 Å². The SMILES string of the molecule is COc1cccc(-c2nc(C)nc(N3CCOCC3)c2N)c1. The molecule has 22 heavy (non-hydrogen) atoms. The molecular weight excluding hydrogens is 280 g/mol. The van der Waals surface area contributed by atoms with Crippen molar-refractivity contribution in [2.45, 2.75) is 6.92 Å². The molecule has 3 rings (SSSR count). The highest BCUT2D eigenvalue weighted by atomic mass is 16.5. The fourth-order valence-electron chi connectivity index (χ4n) is 2.57. The lowest BCUT2D eigenvalue weighted by molar-refractivity contribution is 0.122. The molecule has 0 spiro atoms. The lowest BCUT2D eigenvalue weighted by Crippen LogP contribution is -2.37. The third kappa shape index (κ3) is 2.82. The van der Waals surface area contributed by atoms with Crippen molar-refractivity contribution in [3.05, 3.63) is 30.1 Å². The molecule has 1 aromatic heterocycles. The molecule has 1 aliphatic heterocycles. The van der Waals surface area contributed by atoms with Gasteiger partial charge in [0, 0.05) is 18.7 Å². The summed E-state index contributed by atoms with van der Waals surface area (Å²) in [5.74, 6) is 2.27. The second kappa shape index (κ2) is 6.19. The number of anilines is 2. The van der Waals surface area contributed by atoms with Crippen molar-refractivity contribution in [3.8, 4) is 17.0 Å². The Morgan fingerprint density at radius 2 is 2.00 bits per heavy atom. The van der Waals surface area contributed by atoms with E-state index in [1.165, 1.54) is 0 Å². The van der Waals surface area contributed by atoms with Gasteiger partial charge in [0.15, 0.2) is 5.82 Å². The van der Waals surface area contributed by atoms with Crippen molar-refractivity contribution in [1.82, 2.24) is 9.97 Å². The first-order chi connectivity index (χ1) is 10.7. The highest BCUT2D eigenvalue weighted by molar-refractivity contribution is 5.81. The summed E-state index contributed by atoms with van der Waals surface area (Å²) < 4.78 is 10.7. The lowest BCUT2D eigenvalue weighted by atomic mass is 10.1. The Kier molecular flexibility index (Phi) is 4.11. The average molecular weight is 300 g/mol. The average Bonchev–Trinajstić information content (AvgIpc) is 2.57. The van der Waals surface area contributed by atoms with Gasteiger partial charge >= 0.3 is 0 Å². The predicted octanol–water partition coefficient (Wildman–Crippen LogP) is 1.88. The molecule has 0 unspecified atom stereocenters. The predicted molar refractivity (Wildman–Crippen MR) is 86.2 cm³/mol. The zero-order valence-corrected chi connectivity index (χ0v) is 12.9. The third-order valence-electron chi connectivity index (χ3n) is 3.69. The van der Waals surface area contributed by atoms with Crippen LogP contribution < -0.4 is 15.4 Å². The highest BCUT2D eigenvalue weighted by Crippen LogP contribution is 2.32. The van der Waals surface area contributed by atoms with Gasteiger partial charge in [-0.2, -0.15) is 0 Å². The molecule has 0 radical (unpaired) electrons. The summed E-state index contributed by atoms with van der Waals surface area (Å²) in [6.45, 7) is 4.84. The summed E-state index contributed by atoms with van der Waals surface area (Å²) in [5, 5.41) is 0. The maximum Gasteiger partial charge on any atom is 0.156 e. The molecule has 1 fully saturated rings. The van der Waals surface area contributed by atoms with Crippen LogP contribution in [0.3, 0.4) is 0 Å². The Labute approximate surface area is 129 Å². The van der Waals surface area contributed by atoms with Gasteiger partial charge in [0.1, 0.15) is 17.3 Å².